The van der Waals surface area contributed by atoms with Gasteiger partial charge in [0.1, 0.15) is 10.8 Å². The first kappa shape index (κ1) is 18.2. The molecule has 4 heterocycles. The van der Waals surface area contributed by atoms with Crippen LogP contribution in [0.25, 0.3) is 32.9 Å². The second-order valence-electron chi connectivity index (χ2n) is 6.26. The average molecular weight is 399 g/mol. The lowest BCUT2D eigenvalue weighted by molar-refractivity contribution is -0.114. The summed E-state index contributed by atoms with van der Waals surface area (Å²) in [5.74, 6) is 0.159. The van der Waals surface area contributed by atoms with E-state index >= 15 is 0 Å². The Bertz CT molecular complexity index is 1180. The minimum Gasteiger partial charge on any atom is -0.353 e. The number of aromatic amines is 1. The fourth-order valence-electron chi connectivity index (χ4n) is 2.94. The van der Waals surface area contributed by atoms with Gasteiger partial charge in [-0.25, -0.2) is 18.7 Å². The van der Waals surface area contributed by atoms with E-state index in [1.807, 2.05) is 13.0 Å². The van der Waals surface area contributed by atoms with Crippen molar-refractivity contribution in [3.63, 3.8) is 0 Å². The van der Waals surface area contributed by atoms with E-state index in [0.29, 0.717) is 27.6 Å². The SMILES string of the molecule is CC(=O)Nc1cc(-c2[nH]c3cc(C)cnc3c2-c2ncc(C(F)F)s2)ccn1. The summed E-state index contributed by atoms with van der Waals surface area (Å²) >= 11 is 0.935. The van der Waals surface area contributed by atoms with Crippen LogP contribution >= 0.6 is 11.3 Å². The second-order valence-corrected chi connectivity index (χ2v) is 7.33. The van der Waals surface area contributed by atoms with Crippen molar-refractivity contribution in [3.8, 4) is 21.8 Å². The fourth-order valence-corrected chi connectivity index (χ4v) is 3.77. The predicted molar refractivity (Wildman–Crippen MR) is 104 cm³/mol. The van der Waals surface area contributed by atoms with Gasteiger partial charge in [-0.2, -0.15) is 0 Å². The number of pyridine rings is 2. The first-order valence-electron chi connectivity index (χ1n) is 8.39. The van der Waals surface area contributed by atoms with Gasteiger partial charge in [-0.15, -0.1) is 11.3 Å². The summed E-state index contributed by atoms with van der Waals surface area (Å²) in [6.07, 6.45) is 1.90. The average Bonchev–Trinajstić information content (AvgIpc) is 3.25. The minimum atomic E-state index is -2.58. The standard InChI is InChI=1S/C19H15F2N5OS/c1-9-5-12-17(23-7-9)15(19-24-8-13(28-19)18(20)21)16(26-12)11-3-4-22-14(6-11)25-10(2)27/h3-8,18,26H,1-2H3,(H,22,25,27). The number of hydrogen-bond donors (Lipinski definition) is 2. The van der Waals surface area contributed by atoms with Crippen LogP contribution in [0, 0.1) is 6.92 Å². The van der Waals surface area contributed by atoms with Crippen LogP contribution in [0.4, 0.5) is 14.6 Å². The monoisotopic (exact) mass is 399 g/mol. The molecule has 0 aliphatic rings. The minimum absolute atomic E-state index is 0.101. The Labute approximate surface area is 162 Å². The van der Waals surface area contributed by atoms with E-state index in [1.165, 1.54) is 13.1 Å². The van der Waals surface area contributed by atoms with Crippen molar-refractivity contribution in [3.05, 3.63) is 47.2 Å². The Morgan fingerprint density at radius 1 is 1.21 bits per heavy atom. The van der Waals surface area contributed by atoms with Gasteiger partial charge >= 0.3 is 0 Å². The van der Waals surface area contributed by atoms with Gasteiger partial charge in [-0.1, -0.05) is 0 Å². The Morgan fingerprint density at radius 2 is 2.04 bits per heavy atom. The molecule has 6 nitrogen and oxygen atoms in total. The number of carbonyl (C=O) groups is 1. The fraction of sp³-hybridized carbons (Fsp3) is 0.158. The molecular formula is C19H15F2N5OS. The molecule has 142 valence electrons. The lowest BCUT2D eigenvalue weighted by atomic mass is 10.1. The molecule has 0 saturated carbocycles. The molecule has 0 bridgehead atoms. The summed E-state index contributed by atoms with van der Waals surface area (Å²) in [5, 5.41) is 3.09. The van der Waals surface area contributed by atoms with Crippen molar-refractivity contribution < 1.29 is 13.6 Å². The van der Waals surface area contributed by atoms with E-state index in [-0.39, 0.29) is 10.8 Å². The quantitative estimate of drug-likeness (QED) is 0.508. The van der Waals surface area contributed by atoms with Crippen molar-refractivity contribution in [1.29, 1.82) is 0 Å². The zero-order chi connectivity index (χ0) is 19.8. The van der Waals surface area contributed by atoms with Crippen LogP contribution in [-0.4, -0.2) is 25.8 Å². The van der Waals surface area contributed by atoms with Gasteiger partial charge < -0.3 is 10.3 Å². The number of H-pyrrole nitrogens is 1. The highest BCUT2D eigenvalue weighted by molar-refractivity contribution is 7.15. The lowest BCUT2D eigenvalue weighted by Gasteiger charge is -2.05. The molecule has 0 spiro atoms. The van der Waals surface area contributed by atoms with Crippen LogP contribution in [0.5, 0.6) is 0 Å². The normalized spacial score (nSPS) is 11.3. The zero-order valence-corrected chi connectivity index (χ0v) is 15.8. The third kappa shape index (κ3) is 3.36. The summed E-state index contributed by atoms with van der Waals surface area (Å²) in [5.41, 5.74) is 4.45. The summed E-state index contributed by atoms with van der Waals surface area (Å²) in [4.78, 5) is 27.4. The third-order valence-corrected chi connectivity index (χ3v) is 5.10. The van der Waals surface area contributed by atoms with E-state index in [2.05, 4.69) is 25.3 Å². The molecular weight excluding hydrogens is 384 g/mol. The van der Waals surface area contributed by atoms with Crippen LogP contribution in [-0.2, 0) is 4.79 Å². The Morgan fingerprint density at radius 3 is 2.75 bits per heavy atom. The summed E-state index contributed by atoms with van der Waals surface area (Å²) in [7, 11) is 0. The van der Waals surface area contributed by atoms with Gasteiger partial charge in [-0.3, -0.25) is 9.78 Å². The predicted octanol–water partition coefficient (Wildman–Crippen LogP) is 4.95. The summed E-state index contributed by atoms with van der Waals surface area (Å²) < 4.78 is 26.2. The van der Waals surface area contributed by atoms with E-state index in [4.69, 9.17) is 0 Å². The van der Waals surface area contributed by atoms with Crippen LogP contribution in [0.3, 0.4) is 0 Å². The van der Waals surface area contributed by atoms with Crippen molar-refractivity contribution in [2.45, 2.75) is 20.3 Å². The number of alkyl halides is 2. The van der Waals surface area contributed by atoms with Gasteiger partial charge in [0, 0.05) is 31.1 Å². The molecule has 9 heteroatoms. The zero-order valence-electron chi connectivity index (χ0n) is 15.0. The van der Waals surface area contributed by atoms with E-state index in [9.17, 15) is 13.6 Å². The molecule has 4 rings (SSSR count). The maximum atomic E-state index is 13.1. The molecule has 28 heavy (non-hydrogen) atoms. The number of rotatable bonds is 4. The lowest BCUT2D eigenvalue weighted by Crippen LogP contribution is -2.07. The maximum absolute atomic E-state index is 13.1. The highest BCUT2D eigenvalue weighted by Crippen LogP contribution is 2.41. The van der Waals surface area contributed by atoms with Crippen molar-refractivity contribution in [2.75, 3.05) is 5.32 Å². The molecule has 0 aliphatic heterocycles. The van der Waals surface area contributed by atoms with Gasteiger partial charge in [0.25, 0.3) is 6.43 Å². The molecule has 4 aromatic rings. The largest absolute Gasteiger partial charge is 0.353 e. The smallest absolute Gasteiger partial charge is 0.274 e. The Kier molecular flexibility index (Phi) is 4.60. The van der Waals surface area contributed by atoms with E-state index < -0.39 is 6.43 Å². The molecule has 0 aliphatic carbocycles. The second kappa shape index (κ2) is 7.08. The number of amides is 1. The molecule has 0 saturated heterocycles. The maximum Gasteiger partial charge on any atom is 0.274 e. The van der Waals surface area contributed by atoms with Gasteiger partial charge in [0.15, 0.2) is 0 Å². The number of fused-ring (bicyclic) bond motifs is 1. The van der Waals surface area contributed by atoms with Crippen molar-refractivity contribution >= 4 is 34.1 Å². The summed E-state index contributed by atoms with van der Waals surface area (Å²) in [6.45, 7) is 3.32. The third-order valence-electron chi connectivity index (χ3n) is 4.08. The van der Waals surface area contributed by atoms with Gasteiger partial charge in [0.05, 0.1) is 27.2 Å². The molecule has 2 N–H and O–H groups in total. The van der Waals surface area contributed by atoms with Crippen LogP contribution < -0.4 is 5.32 Å². The number of thiazole rings is 1. The summed E-state index contributed by atoms with van der Waals surface area (Å²) in [6, 6.07) is 5.42. The number of carbonyl (C=O) groups excluding carboxylic acids is 1. The topological polar surface area (TPSA) is 83.6 Å². The van der Waals surface area contributed by atoms with E-state index in [1.54, 1.807) is 24.5 Å². The highest BCUT2D eigenvalue weighted by atomic mass is 32.1. The van der Waals surface area contributed by atoms with Crippen molar-refractivity contribution in [2.24, 2.45) is 0 Å². The van der Waals surface area contributed by atoms with Gasteiger partial charge in [0.2, 0.25) is 5.91 Å². The molecule has 1 amide bonds. The highest BCUT2D eigenvalue weighted by Gasteiger charge is 2.21. The molecule has 0 aromatic carbocycles. The number of aryl methyl sites for hydroxylation is 1. The number of hydrogen-bond acceptors (Lipinski definition) is 5. The number of aromatic nitrogens is 4. The Hall–Kier alpha value is -3.20. The van der Waals surface area contributed by atoms with E-state index in [0.717, 1.165) is 28.0 Å². The van der Waals surface area contributed by atoms with Crippen LogP contribution in [0.2, 0.25) is 0 Å². The van der Waals surface area contributed by atoms with Gasteiger partial charge in [-0.05, 0) is 30.7 Å². The molecule has 4 aromatic heterocycles. The molecule has 0 fully saturated rings. The number of nitrogens with one attached hydrogen (secondary N) is 2. The van der Waals surface area contributed by atoms with Crippen molar-refractivity contribution in [1.82, 2.24) is 19.9 Å². The molecule has 0 radical (unpaired) electrons. The van der Waals surface area contributed by atoms with Crippen LogP contribution in [0.15, 0.2) is 36.8 Å². The Balaban J connectivity index is 1.94. The number of halogens is 2. The number of anilines is 1. The van der Waals surface area contributed by atoms with Crippen LogP contribution in [0.1, 0.15) is 23.8 Å². The first-order chi connectivity index (χ1) is 13.4. The molecule has 0 unspecified atom stereocenters. The first-order valence-corrected chi connectivity index (χ1v) is 9.20. The number of nitrogens with zero attached hydrogens (tertiary/aromatic N) is 3. The molecule has 0 atom stereocenters.